The molecule has 0 unspecified atom stereocenters. The second-order valence-electron chi connectivity index (χ2n) is 6.44. The van der Waals surface area contributed by atoms with Crippen molar-refractivity contribution in [2.45, 2.75) is 31.9 Å². The highest BCUT2D eigenvalue weighted by atomic mass is 32.1. The van der Waals surface area contributed by atoms with Gasteiger partial charge in [0, 0.05) is 36.4 Å². The van der Waals surface area contributed by atoms with Crippen LogP contribution in [0.1, 0.15) is 23.3 Å². The third-order valence-electron chi connectivity index (χ3n) is 4.56. The lowest BCUT2D eigenvalue weighted by Gasteiger charge is -2.21. The summed E-state index contributed by atoms with van der Waals surface area (Å²) in [5.41, 5.74) is 1.96. The van der Waals surface area contributed by atoms with E-state index in [2.05, 4.69) is 15.0 Å². The van der Waals surface area contributed by atoms with Crippen LogP contribution in [-0.4, -0.2) is 34.7 Å². The Morgan fingerprint density at radius 1 is 1.23 bits per heavy atom. The molecule has 0 saturated heterocycles. The molecular weight excluding hydrogens is 361 g/mol. The molecule has 4 rings (SSSR count). The average molecular weight is 378 g/mol. The van der Waals surface area contributed by atoms with Crippen LogP contribution in [0.3, 0.4) is 0 Å². The lowest BCUT2D eigenvalue weighted by molar-refractivity contribution is -0.132. The number of thiophene rings is 1. The zero-order valence-electron chi connectivity index (χ0n) is 14.2. The summed E-state index contributed by atoms with van der Waals surface area (Å²) in [5.74, 6) is 1.08. The summed E-state index contributed by atoms with van der Waals surface area (Å²) in [7, 11) is 1.67. The van der Waals surface area contributed by atoms with Gasteiger partial charge in [0.2, 0.25) is 0 Å². The molecule has 136 valence electrons. The molecule has 0 radical (unpaired) electrons. The van der Waals surface area contributed by atoms with Gasteiger partial charge < -0.3 is 4.90 Å². The number of anilines is 1. The van der Waals surface area contributed by atoms with Crippen molar-refractivity contribution in [3.63, 3.8) is 0 Å². The van der Waals surface area contributed by atoms with E-state index in [1.807, 2.05) is 6.07 Å². The molecular formula is C18H17F3N4S. The van der Waals surface area contributed by atoms with Crippen molar-refractivity contribution in [3.05, 3.63) is 35.0 Å². The molecule has 0 aromatic carbocycles. The lowest BCUT2D eigenvalue weighted by atomic mass is 10.1. The van der Waals surface area contributed by atoms with Crippen LogP contribution in [0.15, 0.2) is 24.5 Å². The van der Waals surface area contributed by atoms with Gasteiger partial charge in [-0.1, -0.05) is 0 Å². The summed E-state index contributed by atoms with van der Waals surface area (Å²) in [6.07, 6.45) is 1.29. The Bertz CT molecular complexity index is 937. The number of halogens is 3. The third-order valence-corrected chi connectivity index (χ3v) is 5.74. The number of alkyl halides is 3. The molecule has 1 aliphatic carbocycles. The Labute approximate surface area is 152 Å². The van der Waals surface area contributed by atoms with Gasteiger partial charge in [0.15, 0.2) is 5.82 Å². The summed E-state index contributed by atoms with van der Waals surface area (Å²) in [6, 6.07) is 3.65. The SMILES string of the molecule is CN(CCC(F)(F)F)c1nc(-c2cccnc2)nc2sc3c(c12)CCC3. The maximum Gasteiger partial charge on any atom is 0.390 e. The van der Waals surface area contributed by atoms with E-state index >= 15 is 0 Å². The van der Waals surface area contributed by atoms with Gasteiger partial charge in [-0.25, -0.2) is 9.97 Å². The molecule has 0 spiro atoms. The zero-order valence-corrected chi connectivity index (χ0v) is 15.0. The normalized spacial score (nSPS) is 14.0. The fourth-order valence-corrected chi connectivity index (χ4v) is 4.53. The molecule has 26 heavy (non-hydrogen) atoms. The summed E-state index contributed by atoms with van der Waals surface area (Å²) in [6.45, 7) is -0.132. The highest BCUT2D eigenvalue weighted by molar-refractivity contribution is 7.19. The predicted molar refractivity (Wildman–Crippen MR) is 96.6 cm³/mol. The number of rotatable bonds is 4. The summed E-state index contributed by atoms with van der Waals surface area (Å²) < 4.78 is 38.1. The first-order valence-corrected chi connectivity index (χ1v) is 9.24. The van der Waals surface area contributed by atoms with Crippen LogP contribution in [0.4, 0.5) is 19.0 Å². The van der Waals surface area contributed by atoms with Gasteiger partial charge in [0.1, 0.15) is 10.6 Å². The Morgan fingerprint density at radius 2 is 2.08 bits per heavy atom. The Morgan fingerprint density at radius 3 is 2.81 bits per heavy atom. The molecule has 3 aromatic rings. The highest BCUT2D eigenvalue weighted by Crippen LogP contribution is 2.41. The minimum Gasteiger partial charge on any atom is -0.359 e. The molecule has 0 N–H and O–H groups in total. The smallest absolute Gasteiger partial charge is 0.359 e. The first-order valence-electron chi connectivity index (χ1n) is 8.43. The van der Waals surface area contributed by atoms with E-state index in [1.165, 1.54) is 10.4 Å². The number of hydrogen-bond donors (Lipinski definition) is 0. The second kappa shape index (κ2) is 6.50. The quantitative estimate of drug-likeness (QED) is 0.664. The van der Waals surface area contributed by atoms with Crippen molar-refractivity contribution in [1.82, 2.24) is 15.0 Å². The molecule has 0 fully saturated rings. The van der Waals surface area contributed by atoms with Crippen LogP contribution in [0.5, 0.6) is 0 Å². The molecule has 0 atom stereocenters. The van der Waals surface area contributed by atoms with E-state index in [0.29, 0.717) is 11.6 Å². The Balaban J connectivity index is 1.82. The monoisotopic (exact) mass is 378 g/mol. The largest absolute Gasteiger partial charge is 0.390 e. The van der Waals surface area contributed by atoms with Gasteiger partial charge in [-0.05, 0) is 37.0 Å². The number of nitrogens with zero attached hydrogens (tertiary/aromatic N) is 4. The molecule has 0 aliphatic heterocycles. The predicted octanol–water partition coefficient (Wildman–Crippen LogP) is 4.63. The lowest BCUT2D eigenvalue weighted by Crippen LogP contribution is -2.25. The number of fused-ring (bicyclic) bond motifs is 3. The van der Waals surface area contributed by atoms with Crippen LogP contribution in [0.25, 0.3) is 21.6 Å². The molecule has 8 heteroatoms. The van der Waals surface area contributed by atoms with Crippen molar-refractivity contribution in [1.29, 1.82) is 0 Å². The number of hydrogen-bond acceptors (Lipinski definition) is 5. The van der Waals surface area contributed by atoms with Gasteiger partial charge in [-0.3, -0.25) is 4.98 Å². The molecule has 0 amide bonds. The first-order chi connectivity index (χ1) is 12.4. The van der Waals surface area contributed by atoms with Crippen molar-refractivity contribution in [3.8, 4) is 11.4 Å². The molecule has 1 aliphatic rings. The second-order valence-corrected chi connectivity index (χ2v) is 7.52. The van der Waals surface area contributed by atoms with E-state index < -0.39 is 12.6 Å². The van der Waals surface area contributed by atoms with Crippen LogP contribution >= 0.6 is 11.3 Å². The summed E-state index contributed by atoms with van der Waals surface area (Å²) in [4.78, 5) is 17.1. The fraction of sp³-hybridized carbons (Fsp3) is 0.389. The number of pyridine rings is 1. The molecule has 4 nitrogen and oxygen atoms in total. The molecule has 3 aromatic heterocycles. The highest BCUT2D eigenvalue weighted by Gasteiger charge is 2.29. The third kappa shape index (κ3) is 3.25. The van der Waals surface area contributed by atoms with Crippen molar-refractivity contribution >= 4 is 27.4 Å². The van der Waals surface area contributed by atoms with Crippen molar-refractivity contribution < 1.29 is 13.2 Å². The Kier molecular flexibility index (Phi) is 4.30. The maximum absolute atomic E-state index is 12.7. The van der Waals surface area contributed by atoms with Crippen LogP contribution < -0.4 is 4.90 Å². The summed E-state index contributed by atoms with van der Waals surface area (Å²) in [5, 5.41) is 0.916. The summed E-state index contributed by atoms with van der Waals surface area (Å²) >= 11 is 1.63. The molecule has 0 bridgehead atoms. The van der Waals surface area contributed by atoms with Gasteiger partial charge in [0.25, 0.3) is 0 Å². The van der Waals surface area contributed by atoms with E-state index in [1.54, 1.807) is 41.7 Å². The minimum atomic E-state index is -4.19. The van der Waals surface area contributed by atoms with Gasteiger partial charge in [-0.2, -0.15) is 13.2 Å². The van der Waals surface area contributed by atoms with Crippen LogP contribution in [-0.2, 0) is 12.8 Å². The average Bonchev–Trinajstić information content (AvgIpc) is 3.19. The van der Waals surface area contributed by atoms with Crippen molar-refractivity contribution in [2.75, 3.05) is 18.5 Å². The van der Waals surface area contributed by atoms with Gasteiger partial charge >= 0.3 is 6.18 Å². The number of aromatic nitrogens is 3. The van der Waals surface area contributed by atoms with E-state index in [0.717, 1.165) is 35.0 Å². The van der Waals surface area contributed by atoms with Crippen molar-refractivity contribution in [2.24, 2.45) is 0 Å². The molecule has 0 saturated carbocycles. The topological polar surface area (TPSA) is 41.9 Å². The van der Waals surface area contributed by atoms with E-state index in [9.17, 15) is 13.2 Å². The fourth-order valence-electron chi connectivity index (χ4n) is 3.28. The standard InChI is InChI=1S/C18H17F3N4S/c1-25(9-7-18(19,20)21)16-14-12-5-2-6-13(12)26-17(14)24-15(23-16)11-4-3-8-22-10-11/h3-4,8,10H,2,5-7,9H2,1H3. The minimum absolute atomic E-state index is 0.132. The van der Waals surface area contributed by atoms with Gasteiger partial charge in [-0.15, -0.1) is 11.3 Å². The van der Waals surface area contributed by atoms with Gasteiger partial charge in [0.05, 0.1) is 11.8 Å². The first kappa shape index (κ1) is 17.2. The maximum atomic E-state index is 12.7. The van der Waals surface area contributed by atoms with Crippen LogP contribution in [0.2, 0.25) is 0 Å². The van der Waals surface area contributed by atoms with E-state index in [4.69, 9.17) is 0 Å². The van der Waals surface area contributed by atoms with Crippen LogP contribution in [0, 0.1) is 0 Å². The van der Waals surface area contributed by atoms with E-state index in [-0.39, 0.29) is 6.54 Å². The zero-order chi connectivity index (χ0) is 18.3. The molecule has 3 heterocycles. The Hall–Kier alpha value is -2.22. The number of aryl methyl sites for hydroxylation is 2.